The second-order valence-electron chi connectivity index (χ2n) is 5.63. The van der Waals surface area contributed by atoms with Crippen LogP contribution in [0.15, 0.2) is 64.8 Å². The van der Waals surface area contributed by atoms with Crippen LogP contribution in [0, 0.1) is 0 Å². The van der Waals surface area contributed by atoms with Crippen LogP contribution in [0.3, 0.4) is 0 Å². The van der Waals surface area contributed by atoms with Gasteiger partial charge in [-0.25, -0.2) is 9.98 Å². The minimum absolute atomic E-state index is 0.107. The first-order valence-corrected chi connectivity index (χ1v) is 7.63. The van der Waals surface area contributed by atoms with Crippen molar-refractivity contribution in [1.82, 2.24) is 4.98 Å². The van der Waals surface area contributed by atoms with Gasteiger partial charge in [-0.1, -0.05) is 30.3 Å². The van der Waals surface area contributed by atoms with Crippen molar-refractivity contribution in [3.63, 3.8) is 0 Å². The summed E-state index contributed by atoms with van der Waals surface area (Å²) in [6.07, 6.45) is 3.32. The quantitative estimate of drug-likeness (QED) is 0.529. The summed E-state index contributed by atoms with van der Waals surface area (Å²) in [6, 6.07) is 12.6. The van der Waals surface area contributed by atoms with E-state index in [9.17, 15) is 14.4 Å². The first-order valence-electron chi connectivity index (χ1n) is 7.63. The van der Waals surface area contributed by atoms with Gasteiger partial charge in [0.25, 0.3) is 0 Å². The Balaban J connectivity index is 1.94. The lowest BCUT2D eigenvalue weighted by molar-refractivity contribution is -0.135. The third-order valence-electron chi connectivity index (χ3n) is 4.02. The van der Waals surface area contributed by atoms with Crippen molar-refractivity contribution in [2.45, 2.75) is 6.42 Å². The highest BCUT2D eigenvalue weighted by atomic mass is 16.2. The number of carbonyl (C=O) groups excluding carboxylic acids is 3. The van der Waals surface area contributed by atoms with E-state index in [2.05, 4.69) is 15.0 Å². The van der Waals surface area contributed by atoms with Crippen molar-refractivity contribution in [1.29, 1.82) is 0 Å². The zero-order valence-electron chi connectivity index (χ0n) is 13.0. The summed E-state index contributed by atoms with van der Waals surface area (Å²) >= 11 is 0. The highest BCUT2D eigenvalue weighted by molar-refractivity contribution is 6.36. The number of ketones is 1. The Bertz CT molecular complexity index is 1170. The second kappa shape index (κ2) is 5.83. The fourth-order valence-corrected chi connectivity index (χ4v) is 2.86. The maximum absolute atomic E-state index is 12.8. The first kappa shape index (κ1) is 15.0. The lowest BCUT2D eigenvalue weighted by Gasteiger charge is -2.08. The number of carbonyl (C=O) groups is 3. The molecule has 0 saturated heterocycles. The van der Waals surface area contributed by atoms with Gasteiger partial charge in [0.05, 0.1) is 5.36 Å². The van der Waals surface area contributed by atoms with Gasteiger partial charge in [0.15, 0.2) is 5.78 Å². The summed E-state index contributed by atoms with van der Waals surface area (Å²) in [6.45, 7) is 0. The SMILES string of the molecule is O=C1N=c2cc(C(=O)Cc3ccccc3)c3ccncc3c2=NC1=O. The number of Topliss-reactive ketones (excluding diaryl/α,β-unsaturated/α-hetero) is 1. The highest BCUT2D eigenvalue weighted by Crippen LogP contribution is 2.16. The third kappa shape index (κ3) is 2.63. The third-order valence-corrected chi connectivity index (χ3v) is 4.02. The van der Waals surface area contributed by atoms with E-state index in [0.29, 0.717) is 16.3 Å². The van der Waals surface area contributed by atoms with Crippen LogP contribution in [-0.2, 0) is 16.0 Å². The molecule has 0 aliphatic carbocycles. The lowest BCUT2D eigenvalue weighted by atomic mass is 9.97. The molecule has 2 aromatic carbocycles. The average molecular weight is 329 g/mol. The zero-order valence-corrected chi connectivity index (χ0v) is 13.0. The Morgan fingerprint density at radius 3 is 2.48 bits per heavy atom. The molecule has 1 aliphatic rings. The average Bonchev–Trinajstić information content (AvgIpc) is 2.63. The Morgan fingerprint density at radius 1 is 0.920 bits per heavy atom. The molecule has 2 heterocycles. The highest BCUT2D eigenvalue weighted by Gasteiger charge is 2.20. The monoisotopic (exact) mass is 329 g/mol. The maximum atomic E-state index is 12.8. The van der Waals surface area contributed by atoms with Crippen LogP contribution in [0.1, 0.15) is 15.9 Å². The summed E-state index contributed by atoms with van der Waals surface area (Å²) in [4.78, 5) is 47.5. The predicted molar refractivity (Wildman–Crippen MR) is 88.5 cm³/mol. The summed E-state index contributed by atoms with van der Waals surface area (Å²) < 4.78 is 0. The van der Waals surface area contributed by atoms with Crippen molar-refractivity contribution >= 4 is 28.4 Å². The molecule has 0 unspecified atom stereocenters. The van der Waals surface area contributed by atoms with Crippen LogP contribution in [0.2, 0.25) is 0 Å². The van der Waals surface area contributed by atoms with E-state index in [-0.39, 0.29) is 22.9 Å². The molecule has 2 amide bonds. The van der Waals surface area contributed by atoms with Gasteiger partial charge in [-0.05, 0) is 23.1 Å². The van der Waals surface area contributed by atoms with Crippen molar-refractivity contribution in [2.75, 3.05) is 0 Å². The van der Waals surface area contributed by atoms with Crippen molar-refractivity contribution in [3.8, 4) is 0 Å². The molecular weight excluding hydrogens is 318 g/mol. The van der Waals surface area contributed by atoms with Gasteiger partial charge in [-0.15, -0.1) is 0 Å². The predicted octanol–water partition coefficient (Wildman–Crippen LogP) is 0.966. The number of rotatable bonds is 3. The Hall–Kier alpha value is -3.54. The van der Waals surface area contributed by atoms with E-state index in [4.69, 9.17) is 0 Å². The molecule has 6 heteroatoms. The molecule has 6 nitrogen and oxygen atoms in total. The molecule has 0 bridgehead atoms. The molecule has 4 rings (SSSR count). The van der Waals surface area contributed by atoms with Gasteiger partial charge >= 0.3 is 11.8 Å². The molecule has 1 aliphatic heterocycles. The molecule has 1 aromatic heterocycles. The summed E-state index contributed by atoms with van der Waals surface area (Å²) in [5.41, 5.74) is 1.32. The summed E-state index contributed by atoms with van der Waals surface area (Å²) in [5.74, 6) is -1.96. The number of hydrogen-bond acceptors (Lipinski definition) is 4. The largest absolute Gasteiger partial charge is 0.338 e. The van der Waals surface area contributed by atoms with Gasteiger partial charge in [0.1, 0.15) is 5.36 Å². The van der Waals surface area contributed by atoms with Gasteiger partial charge in [0, 0.05) is 29.8 Å². The molecule has 0 radical (unpaired) electrons. The minimum atomic E-state index is -0.933. The van der Waals surface area contributed by atoms with Gasteiger partial charge in [-0.3, -0.25) is 19.4 Å². The van der Waals surface area contributed by atoms with E-state index in [1.165, 1.54) is 12.3 Å². The molecule has 0 N–H and O–H groups in total. The van der Waals surface area contributed by atoms with Gasteiger partial charge in [-0.2, -0.15) is 0 Å². The van der Waals surface area contributed by atoms with Crippen molar-refractivity contribution in [2.24, 2.45) is 9.98 Å². The van der Waals surface area contributed by atoms with Crippen LogP contribution in [-0.4, -0.2) is 22.6 Å². The topological polar surface area (TPSA) is 88.8 Å². The van der Waals surface area contributed by atoms with E-state index in [1.54, 1.807) is 12.3 Å². The Kier molecular flexibility index (Phi) is 3.50. The maximum Gasteiger partial charge on any atom is 0.338 e. The van der Waals surface area contributed by atoms with Crippen LogP contribution in [0.5, 0.6) is 0 Å². The Labute approximate surface area is 141 Å². The normalized spacial score (nSPS) is 13.1. The molecule has 0 spiro atoms. The summed E-state index contributed by atoms with van der Waals surface area (Å²) in [7, 11) is 0. The van der Waals surface area contributed by atoms with Crippen LogP contribution >= 0.6 is 0 Å². The second-order valence-corrected chi connectivity index (χ2v) is 5.63. The van der Waals surface area contributed by atoms with Crippen molar-refractivity contribution < 1.29 is 14.4 Å². The Morgan fingerprint density at radius 2 is 1.68 bits per heavy atom. The molecule has 3 aromatic rings. The number of pyridine rings is 1. The number of benzene rings is 2. The molecule has 0 saturated carbocycles. The van der Waals surface area contributed by atoms with Gasteiger partial charge < -0.3 is 0 Å². The van der Waals surface area contributed by atoms with Crippen molar-refractivity contribution in [3.05, 3.63) is 76.7 Å². The molecular formula is C19H11N3O3. The minimum Gasteiger partial charge on any atom is -0.294 e. The first-order chi connectivity index (χ1) is 12.1. The molecule has 120 valence electrons. The molecule has 0 fully saturated rings. The van der Waals surface area contributed by atoms with Crippen LogP contribution in [0.4, 0.5) is 0 Å². The number of hydrogen-bond donors (Lipinski definition) is 0. The smallest absolute Gasteiger partial charge is 0.294 e. The number of amides is 2. The molecule has 25 heavy (non-hydrogen) atoms. The van der Waals surface area contributed by atoms with Crippen LogP contribution in [0.25, 0.3) is 10.8 Å². The number of nitrogens with zero attached hydrogens (tertiary/aromatic N) is 3. The van der Waals surface area contributed by atoms with E-state index >= 15 is 0 Å². The molecule has 0 atom stereocenters. The number of aromatic nitrogens is 1. The fourth-order valence-electron chi connectivity index (χ4n) is 2.86. The standard InChI is InChI=1S/C19H11N3O3/c23-16(8-11-4-2-1-3-5-11)13-9-15-17(22-19(25)18(24)21-15)14-10-20-7-6-12(13)14/h1-7,9-10H,8H2. The summed E-state index contributed by atoms with van der Waals surface area (Å²) in [5, 5.41) is 1.67. The van der Waals surface area contributed by atoms with E-state index in [0.717, 1.165) is 5.56 Å². The van der Waals surface area contributed by atoms with E-state index < -0.39 is 11.8 Å². The van der Waals surface area contributed by atoms with Crippen LogP contribution < -0.4 is 10.7 Å². The zero-order chi connectivity index (χ0) is 17.4. The fraction of sp³-hybridized carbons (Fsp3) is 0.0526. The lowest BCUT2D eigenvalue weighted by Crippen LogP contribution is -2.36. The number of fused-ring (bicyclic) bond motifs is 3. The van der Waals surface area contributed by atoms with Gasteiger partial charge in [0.2, 0.25) is 0 Å². The van der Waals surface area contributed by atoms with E-state index in [1.807, 2.05) is 30.3 Å².